The Morgan fingerprint density at radius 2 is 2.05 bits per heavy atom. The Kier molecular flexibility index (Phi) is 5.14. The summed E-state index contributed by atoms with van der Waals surface area (Å²) in [6.45, 7) is 10.1. The minimum absolute atomic E-state index is 0.0229. The Balaban J connectivity index is 1.85. The molecule has 20 heavy (non-hydrogen) atoms. The van der Waals surface area contributed by atoms with E-state index in [0.29, 0.717) is 0 Å². The smallest absolute Gasteiger partial charge is 0.164 e. The SMILES string of the molecule is C=C(C)CCC/C(=C\C[C@@H]1OC(C)(C)OC12CC2)CBr. The normalized spacial score (nSPS) is 27.0. The van der Waals surface area contributed by atoms with Crippen LogP contribution in [-0.4, -0.2) is 22.8 Å². The zero-order valence-electron chi connectivity index (χ0n) is 13.0. The van der Waals surface area contributed by atoms with Crippen LogP contribution in [-0.2, 0) is 9.47 Å². The minimum atomic E-state index is -0.413. The minimum Gasteiger partial charge on any atom is -0.344 e. The summed E-state index contributed by atoms with van der Waals surface area (Å²) in [5, 5.41) is 0.952. The van der Waals surface area contributed by atoms with Gasteiger partial charge in [-0.15, -0.1) is 6.58 Å². The zero-order valence-corrected chi connectivity index (χ0v) is 14.6. The Morgan fingerprint density at radius 1 is 1.35 bits per heavy atom. The lowest BCUT2D eigenvalue weighted by molar-refractivity contribution is -0.149. The van der Waals surface area contributed by atoms with E-state index in [1.165, 1.54) is 17.6 Å². The molecule has 3 heteroatoms. The molecule has 2 fully saturated rings. The summed E-state index contributed by atoms with van der Waals surface area (Å²) in [6.07, 6.45) is 9.29. The molecule has 0 aromatic heterocycles. The summed E-state index contributed by atoms with van der Waals surface area (Å²) in [6, 6.07) is 0. The Bertz CT molecular complexity index is 394. The fourth-order valence-corrected chi connectivity index (χ4v) is 3.46. The van der Waals surface area contributed by atoms with Crippen molar-refractivity contribution in [3.05, 3.63) is 23.8 Å². The molecule has 0 aromatic carbocycles. The van der Waals surface area contributed by atoms with Gasteiger partial charge in [-0.25, -0.2) is 0 Å². The molecular weight excluding hydrogens is 316 g/mol. The van der Waals surface area contributed by atoms with Gasteiger partial charge in [0.15, 0.2) is 5.79 Å². The van der Waals surface area contributed by atoms with Crippen LogP contribution in [0.1, 0.15) is 59.3 Å². The van der Waals surface area contributed by atoms with Crippen molar-refractivity contribution in [2.75, 3.05) is 5.33 Å². The number of hydrogen-bond donors (Lipinski definition) is 0. The van der Waals surface area contributed by atoms with E-state index >= 15 is 0 Å². The summed E-state index contributed by atoms with van der Waals surface area (Å²) < 4.78 is 12.1. The van der Waals surface area contributed by atoms with Crippen LogP contribution < -0.4 is 0 Å². The van der Waals surface area contributed by atoms with Gasteiger partial charge in [0.05, 0.1) is 11.7 Å². The Labute approximate surface area is 131 Å². The highest BCUT2D eigenvalue weighted by molar-refractivity contribution is 9.09. The predicted molar refractivity (Wildman–Crippen MR) is 87.2 cm³/mol. The molecule has 1 saturated heterocycles. The second-order valence-corrected chi connectivity index (χ2v) is 7.28. The van der Waals surface area contributed by atoms with Crippen LogP contribution in [0.3, 0.4) is 0 Å². The first-order valence-electron chi connectivity index (χ1n) is 7.63. The van der Waals surface area contributed by atoms with Crippen molar-refractivity contribution < 1.29 is 9.47 Å². The first-order chi connectivity index (χ1) is 9.37. The molecule has 0 bridgehead atoms. The fourth-order valence-electron chi connectivity index (χ4n) is 2.95. The number of alkyl halides is 1. The van der Waals surface area contributed by atoms with Gasteiger partial charge in [-0.2, -0.15) is 0 Å². The van der Waals surface area contributed by atoms with E-state index in [9.17, 15) is 0 Å². The number of rotatable bonds is 7. The van der Waals surface area contributed by atoms with E-state index in [2.05, 4.69) is 35.5 Å². The van der Waals surface area contributed by atoms with E-state index in [1.807, 2.05) is 13.8 Å². The maximum atomic E-state index is 6.07. The quantitative estimate of drug-likeness (QED) is 0.471. The Hall–Kier alpha value is -0.120. The van der Waals surface area contributed by atoms with E-state index < -0.39 is 5.79 Å². The molecule has 0 radical (unpaired) electrons. The van der Waals surface area contributed by atoms with Crippen molar-refractivity contribution in [2.45, 2.75) is 76.8 Å². The van der Waals surface area contributed by atoms with Gasteiger partial charge in [-0.3, -0.25) is 0 Å². The molecular formula is C17H27BrO2. The van der Waals surface area contributed by atoms with Crippen LogP contribution in [0.25, 0.3) is 0 Å². The highest BCUT2D eigenvalue weighted by atomic mass is 79.9. The van der Waals surface area contributed by atoms with Crippen LogP contribution >= 0.6 is 15.9 Å². The third-order valence-electron chi connectivity index (χ3n) is 4.10. The molecule has 0 unspecified atom stereocenters. The Morgan fingerprint density at radius 3 is 2.60 bits per heavy atom. The first-order valence-corrected chi connectivity index (χ1v) is 8.75. The lowest BCUT2D eigenvalue weighted by Crippen LogP contribution is -2.23. The van der Waals surface area contributed by atoms with E-state index in [0.717, 1.165) is 37.4 Å². The summed E-state index contributed by atoms with van der Waals surface area (Å²) in [5.41, 5.74) is 2.76. The standard InChI is InChI=1S/C17H27BrO2/c1-13(2)6-5-7-14(12-18)8-9-15-17(10-11-17)20-16(3,4)19-15/h8,15H,1,5-7,9-12H2,2-4H3/b14-8+/t15-/m0/s1. The molecule has 2 rings (SSSR count). The molecule has 0 N–H and O–H groups in total. The van der Waals surface area contributed by atoms with Crippen molar-refractivity contribution in [2.24, 2.45) is 0 Å². The van der Waals surface area contributed by atoms with Gasteiger partial charge in [0.2, 0.25) is 0 Å². The number of allylic oxidation sites excluding steroid dienone is 2. The van der Waals surface area contributed by atoms with E-state index in [-0.39, 0.29) is 11.7 Å². The predicted octanol–water partition coefficient (Wildman–Crippen LogP) is 5.13. The number of halogens is 1. The van der Waals surface area contributed by atoms with Crippen molar-refractivity contribution in [1.29, 1.82) is 0 Å². The average molecular weight is 343 g/mol. The maximum absolute atomic E-state index is 6.07. The molecule has 2 aliphatic rings. The van der Waals surface area contributed by atoms with Gasteiger partial charge in [0, 0.05) is 5.33 Å². The summed E-state index contributed by atoms with van der Waals surface area (Å²) >= 11 is 3.60. The molecule has 1 aliphatic heterocycles. The monoisotopic (exact) mass is 342 g/mol. The largest absolute Gasteiger partial charge is 0.344 e. The fraction of sp³-hybridized carbons (Fsp3) is 0.765. The van der Waals surface area contributed by atoms with Gasteiger partial charge < -0.3 is 9.47 Å². The van der Waals surface area contributed by atoms with Crippen molar-refractivity contribution in [3.8, 4) is 0 Å². The lowest BCUT2D eigenvalue weighted by atomic mass is 10.0. The van der Waals surface area contributed by atoms with Gasteiger partial charge in [-0.05, 0) is 59.3 Å². The van der Waals surface area contributed by atoms with Crippen LogP contribution in [0.2, 0.25) is 0 Å². The zero-order chi connectivity index (χ0) is 14.8. The summed E-state index contributed by atoms with van der Waals surface area (Å²) in [5.74, 6) is -0.413. The number of ether oxygens (including phenoxy) is 2. The summed E-state index contributed by atoms with van der Waals surface area (Å²) in [7, 11) is 0. The van der Waals surface area contributed by atoms with Gasteiger partial charge in [0.1, 0.15) is 0 Å². The molecule has 1 atom stereocenters. The van der Waals surface area contributed by atoms with Gasteiger partial charge >= 0.3 is 0 Å². The first kappa shape index (κ1) is 16.3. The second kappa shape index (κ2) is 6.33. The summed E-state index contributed by atoms with van der Waals surface area (Å²) in [4.78, 5) is 0. The lowest BCUT2D eigenvalue weighted by Gasteiger charge is -2.16. The van der Waals surface area contributed by atoms with Crippen LogP contribution in [0.5, 0.6) is 0 Å². The van der Waals surface area contributed by atoms with Crippen LogP contribution in [0, 0.1) is 0 Å². The molecule has 1 saturated carbocycles. The molecule has 1 heterocycles. The third kappa shape index (κ3) is 4.19. The van der Waals surface area contributed by atoms with E-state index in [1.54, 1.807) is 0 Å². The molecule has 1 aliphatic carbocycles. The molecule has 1 spiro atoms. The van der Waals surface area contributed by atoms with Gasteiger partial charge in [0.25, 0.3) is 0 Å². The van der Waals surface area contributed by atoms with Gasteiger partial charge in [-0.1, -0.05) is 33.2 Å². The molecule has 114 valence electrons. The molecule has 2 nitrogen and oxygen atoms in total. The van der Waals surface area contributed by atoms with Crippen molar-refractivity contribution in [3.63, 3.8) is 0 Å². The number of hydrogen-bond acceptors (Lipinski definition) is 2. The highest BCUT2D eigenvalue weighted by Gasteiger charge is 2.60. The third-order valence-corrected chi connectivity index (χ3v) is 4.82. The highest BCUT2D eigenvalue weighted by Crippen LogP contribution is 2.53. The molecule has 0 amide bonds. The molecule has 0 aromatic rings. The van der Waals surface area contributed by atoms with Crippen LogP contribution in [0.4, 0.5) is 0 Å². The van der Waals surface area contributed by atoms with Crippen LogP contribution in [0.15, 0.2) is 23.8 Å². The maximum Gasteiger partial charge on any atom is 0.164 e. The second-order valence-electron chi connectivity index (χ2n) is 6.72. The topological polar surface area (TPSA) is 18.5 Å². The van der Waals surface area contributed by atoms with E-state index in [4.69, 9.17) is 9.47 Å². The van der Waals surface area contributed by atoms with Crippen molar-refractivity contribution >= 4 is 15.9 Å². The van der Waals surface area contributed by atoms with Crippen molar-refractivity contribution in [1.82, 2.24) is 0 Å². The average Bonchev–Trinajstić information content (AvgIpc) is 3.05.